The van der Waals surface area contributed by atoms with Crippen molar-refractivity contribution < 1.29 is 0 Å². The predicted octanol–water partition coefficient (Wildman–Crippen LogP) is 5.31. The molecule has 0 nitrogen and oxygen atoms in total. The Morgan fingerprint density at radius 3 is 2.50 bits per heavy atom. The van der Waals surface area contributed by atoms with Gasteiger partial charge in [0.2, 0.25) is 0 Å². The topological polar surface area (TPSA) is 0 Å². The van der Waals surface area contributed by atoms with Crippen LogP contribution in [-0.2, 0) is 0 Å². The van der Waals surface area contributed by atoms with Gasteiger partial charge in [0.15, 0.2) is 0 Å². The molecule has 0 aromatic heterocycles. The normalized spacial score (nSPS) is 16.6. The zero-order valence-corrected chi connectivity index (χ0v) is 11.5. The molecule has 1 atom stereocenters. The van der Waals surface area contributed by atoms with Gasteiger partial charge in [-0.2, -0.15) is 0 Å². The summed E-state index contributed by atoms with van der Waals surface area (Å²) in [5, 5.41) is 2.69. The molecular weight excluding hydrogens is 240 g/mol. The fraction of sp³-hybridized carbons (Fsp3) is 0.100. The molecule has 0 spiro atoms. The monoisotopic (exact) mass is 256 g/mol. The first-order valence-corrected chi connectivity index (χ1v) is 7.10. The van der Waals surface area contributed by atoms with Crippen molar-refractivity contribution in [2.75, 3.05) is 0 Å². The lowest BCUT2D eigenvalue weighted by Crippen LogP contribution is -1.99. The van der Waals surface area contributed by atoms with Crippen LogP contribution < -0.4 is 0 Å². The summed E-state index contributed by atoms with van der Waals surface area (Å²) in [6.07, 6.45) is 4.57. The van der Waals surface area contributed by atoms with Gasteiger partial charge in [-0.15, -0.1) is 0 Å². The molecule has 0 aliphatic heterocycles. The van der Waals surface area contributed by atoms with Gasteiger partial charge in [-0.25, -0.2) is 0 Å². The number of benzene rings is 3. The fourth-order valence-electron chi connectivity index (χ4n) is 3.30. The highest BCUT2D eigenvalue weighted by molar-refractivity contribution is 5.87. The number of aryl methyl sites for hydroxylation is 1. The molecule has 3 aromatic carbocycles. The molecule has 0 radical (unpaired) electrons. The van der Waals surface area contributed by atoms with Crippen molar-refractivity contribution in [1.29, 1.82) is 0 Å². The van der Waals surface area contributed by atoms with Crippen LogP contribution in [0.1, 0.15) is 28.2 Å². The third-order valence-corrected chi connectivity index (χ3v) is 4.37. The maximum Gasteiger partial charge on any atom is 0.0281 e. The molecule has 0 saturated heterocycles. The molecule has 0 heterocycles. The standard InChI is InChI=1S/C20H16/c1-14-17-8-4-2-6-15(17)10-12-18(14)20-13-11-16-7-3-5-9-19(16)20/h2-13,20H,1H3. The van der Waals surface area contributed by atoms with Crippen LogP contribution in [0.15, 0.2) is 66.7 Å². The van der Waals surface area contributed by atoms with E-state index in [2.05, 4.69) is 79.7 Å². The van der Waals surface area contributed by atoms with E-state index in [9.17, 15) is 0 Å². The van der Waals surface area contributed by atoms with Crippen molar-refractivity contribution in [3.8, 4) is 0 Å². The van der Waals surface area contributed by atoms with Gasteiger partial charge in [0.25, 0.3) is 0 Å². The van der Waals surface area contributed by atoms with E-state index in [4.69, 9.17) is 0 Å². The van der Waals surface area contributed by atoms with E-state index < -0.39 is 0 Å². The fourth-order valence-corrected chi connectivity index (χ4v) is 3.30. The minimum absolute atomic E-state index is 0.399. The van der Waals surface area contributed by atoms with Gasteiger partial charge >= 0.3 is 0 Å². The Morgan fingerprint density at radius 2 is 1.55 bits per heavy atom. The molecule has 1 unspecified atom stereocenters. The predicted molar refractivity (Wildman–Crippen MR) is 86.0 cm³/mol. The Morgan fingerprint density at radius 1 is 0.750 bits per heavy atom. The summed E-state index contributed by atoms with van der Waals surface area (Å²) in [6, 6.07) is 21.8. The molecular formula is C20H16. The summed E-state index contributed by atoms with van der Waals surface area (Å²) in [6.45, 7) is 2.24. The van der Waals surface area contributed by atoms with E-state index in [-0.39, 0.29) is 0 Å². The lowest BCUT2D eigenvalue weighted by molar-refractivity contribution is 1.04. The molecule has 4 rings (SSSR count). The third kappa shape index (κ3) is 1.61. The molecule has 96 valence electrons. The van der Waals surface area contributed by atoms with Crippen molar-refractivity contribution in [3.05, 3.63) is 89.0 Å². The van der Waals surface area contributed by atoms with Gasteiger partial charge in [-0.3, -0.25) is 0 Å². The highest BCUT2D eigenvalue weighted by Gasteiger charge is 2.20. The second-order valence-electron chi connectivity index (χ2n) is 5.47. The van der Waals surface area contributed by atoms with E-state index in [1.54, 1.807) is 0 Å². The Labute approximate surface area is 119 Å². The second-order valence-corrected chi connectivity index (χ2v) is 5.47. The molecule has 1 aliphatic rings. The lowest BCUT2D eigenvalue weighted by atomic mass is 9.88. The van der Waals surface area contributed by atoms with Crippen LogP contribution in [-0.4, -0.2) is 0 Å². The first-order valence-electron chi connectivity index (χ1n) is 7.10. The first kappa shape index (κ1) is 11.5. The van der Waals surface area contributed by atoms with Crippen LogP contribution in [0.5, 0.6) is 0 Å². The van der Waals surface area contributed by atoms with Crippen LogP contribution in [0.2, 0.25) is 0 Å². The van der Waals surface area contributed by atoms with E-state index in [1.165, 1.54) is 33.0 Å². The lowest BCUT2D eigenvalue weighted by Gasteiger charge is -2.16. The van der Waals surface area contributed by atoms with Gasteiger partial charge in [-0.05, 0) is 39.9 Å². The number of hydrogen-bond donors (Lipinski definition) is 0. The van der Waals surface area contributed by atoms with Crippen LogP contribution in [0, 0.1) is 6.92 Å². The van der Waals surface area contributed by atoms with Gasteiger partial charge < -0.3 is 0 Å². The quantitative estimate of drug-likeness (QED) is 0.553. The SMILES string of the molecule is Cc1c(C2C=Cc3ccccc32)ccc2ccccc12. The number of allylic oxidation sites excluding steroid dienone is 1. The average Bonchev–Trinajstić information content (AvgIpc) is 2.92. The third-order valence-electron chi connectivity index (χ3n) is 4.37. The van der Waals surface area contributed by atoms with Crippen LogP contribution in [0.3, 0.4) is 0 Å². The number of fused-ring (bicyclic) bond motifs is 2. The Balaban J connectivity index is 1.92. The molecule has 0 heteroatoms. The summed E-state index contributed by atoms with van der Waals surface area (Å²) in [5.41, 5.74) is 5.59. The average molecular weight is 256 g/mol. The smallest absolute Gasteiger partial charge is 0.0281 e. The van der Waals surface area contributed by atoms with Crippen molar-refractivity contribution in [3.63, 3.8) is 0 Å². The van der Waals surface area contributed by atoms with Crippen molar-refractivity contribution in [2.24, 2.45) is 0 Å². The summed E-state index contributed by atoms with van der Waals surface area (Å²) >= 11 is 0. The van der Waals surface area contributed by atoms with E-state index in [0.717, 1.165) is 0 Å². The number of hydrogen-bond acceptors (Lipinski definition) is 0. The van der Waals surface area contributed by atoms with Crippen LogP contribution in [0.4, 0.5) is 0 Å². The van der Waals surface area contributed by atoms with Gasteiger partial charge in [-0.1, -0.05) is 72.8 Å². The van der Waals surface area contributed by atoms with Crippen LogP contribution in [0.25, 0.3) is 16.8 Å². The molecule has 0 saturated carbocycles. The molecule has 3 aromatic rings. The summed E-state index contributed by atoms with van der Waals surface area (Å²) in [7, 11) is 0. The molecule has 0 fully saturated rings. The van der Waals surface area contributed by atoms with Gasteiger partial charge in [0.1, 0.15) is 0 Å². The zero-order chi connectivity index (χ0) is 13.5. The molecule has 20 heavy (non-hydrogen) atoms. The Kier molecular flexibility index (Phi) is 2.50. The highest BCUT2D eigenvalue weighted by Crippen LogP contribution is 2.38. The van der Waals surface area contributed by atoms with Crippen molar-refractivity contribution >= 4 is 16.8 Å². The van der Waals surface area contributed by atoms with E-state index in [0.29, 0.717) is 5.92 Å². The highest BCUT2D eigenvalue weighted by atomic mass is 14.2. The summed E-state index contributed by atoms with van der Waals surface area (Å²) in [5.74, 6) is 0.399. The van der Waals surface area contributed by atoms with Crippen LogP contribution >= 0.6 is 0 Å². The summed E-state index contributed by atoms with van der Waals surface area (Å²) in [4.78, 5) is 0. The molecule has 0 bridgehead atoms. The minimum Gasteiger partial charge on any atom is -0.0720 e. The van der Waals surface area contributed by atoms with E-state index >= 15 is 0 Å². The maximum atomic E-state index is 2.32. The van der Waals surface area contributed by atoms with Crippen molar-refractivity contribution in [2.45, 2.75) is 12.8 Å². The Bertz CT molecular complexity index is 824. The first-order chi connectivity index (χ1) is 9.84. The number of rotatable bonds is 1. The zero-order valence-electron chi connectivity index (χ0n) is 11.5. The second kappa shape index (κ2) is 4.35. The molecule has 0 amide bonds. The van der Waals surface area contributed by atoms with Gasteiger partial charge in [0, 0.05) is 5.92 Å². The van der Waals surface area contributed by atoms with E-state index in [1.807, 2.05) is 0 Å². The molecule has 0 N–H and O–H groups in total. The van der Waals surface area contributed by atoms with Crippen molar-refractivity contribution in [1.82, 2.24) is 0 Å². The van der Waals surface area contributed by atoms with Gasteiger partial charge in [0.05, 0.1) is 0 Å². The minimum atomic E-state index is 0.399. The largest absolute Gasteiger partial charge is 0.0720 e. The Hall–Kier alpha value is -2.34. The molecule has 1 aliphatic carbocycles. The summed E-state index contributed by atoms with van der Waals surface area (Å²) < 4.78 is 0. The maximum absolute atomic E-state index is 2.32.